The second-order valence-corrected chi connectivity index (χ2v) is 8.51. The van der Waals surface area contributed by atoms with Gasteiger partial charge in [-0.3, -0.25) is 0 Å². The average molecular weight is 386 g/mol. The number of fused-ring (bicyclic) bond motifs is 1. The number of terminal acetylenes is 1. The van der Waals surface area contributed by atoms with Gasteiger partial charge in [0.25, 0.3) is 0 Å². The molecule has 0 amide bonds. The van der Waals surface area contributed by atoms with E-state index in [0.29, 0.717) is 0 Å². The number of hydrogen-bond acceptors (Lipinski definition) is 4. The molecule has 154 valence electrons. The van der Waals surface area contributed by atoms with Crippen LogP contribution in [0.2, 0.25) is 0 Å². The Balaban J connectivity index is 1.80. The summed E-state index contributed by atoms with van der Waals surface area (Å²) in [5.74, 6) is 4.25. The van der Waals surface area contributed by atoms with Crippen LogP contribution in [0.3, 0.4) is 0 Å². The van der Waals surface area contributed by atoms with Crippen LogP contribution in [0.1, 0.15) is 71.0 Å². The molecule has 1 aromatic rings. The Morgan fingerprint density at radius 3 is 2.71 bits per heavy atom. The molecular formula is C24H35NO3. The number of anilines is 1. The lowest BCUT2D eigenvalue weighted by molar-refractivity contribution is -0.157. The maximum atomic E-state index is 6.49. The number of ether oxygens (including phenoxy) is 3. The molecule has 1 aromatic carbocycles. The molecule has 0 spiro atoms. The first-order chi connectivity index (χ1) is 13.5. The molecule has 1 saturated carbocycles. The van der Waals surface area contributed by atoms with Crippen LogP contribution in [0.15, 0.2) is 18.2 Å². The molecule has 1 N–H and O–H groups in total. The number of hydrogen-bond donors (Lipinski definition) is 1. The molecule has 1 fully saturated rings. The normalized spacial score (nSPS) is 24.1. The van der Waals surface area contributed by atoms with Gasteiger partial charge in [0, 0.05) is 24.4 Å². The average Bonchev–Trinajstić information content (AvgIpc) is 2.68. The highest BCUT2D eigenvalue weighted by Crippen LogP contribution is 2.44. The maximum absolute atomic E-state index is 6.49. The van der Waals surface area contributed by atoms with Crippen LogP contribution in [-0.2, 0) is 9.47 Å². The molecular weight excluding hydrogens is 350 g/mol. The zero-order valence-corrected chi connectivity index (χ0v) is 17.6. The fourth-order valence-electron chi connectivity index (χ4n) is 4.49. The maximum Gasteiger partial charge on any atom is 0.132 e. The second kappa shape index (κ2) is 9.67. The molecule has 0 radical (unpaired) electrons. The Bertz CT molecular complexity index is 673. The monoisotopic (exact) mass is 385 g/mol. The lowest BCUT2D eigenvalue weighted by Crippen LogP contribution is -2.51. The zero-order valence-electron chi connectivity index (χ0n) is 17.6. The highest BCUT2D eigenvalue weighted by atomic mass is 16.6. The summed E-state index contributed by atoms with van der Waals surface area (Å²) < 4.78 is 18.8. The van der Waals surface area contributed by atoms with E-state index in [2.05, 4.69) is 30.3 Å². The standard InChI is InChI=1S/C24H35NO3/c1-5-15-27-23-22(26-16-14-18-10-8-7-9-11-18)20-17-19(25-6-2)12-13-21(20)28-24(23,3)4/h1,12-13,17-18,22-23,25H,6-11,14-16H2,2-4H3. The highest BCUT2D eigenvalue weighted by Gasteiger charge is 2.45. The Kier molecular flexibility index (Phi) is 7.26. The third-order valence-electron chi connectivity index (χ3n) is 5.92. The molecule has 3 rings (SSSR count). The quantitative estimate of drug-likeness (QED) is 0.614. The fourth-order valence-corrected chi connectivity index (χ4v) is 4.49. The van der Waals surface area contributed by atoms with Gasteiger partial charge in [0.1, 0.15) is 30.2 Å². The van der Waals surface area contributed by atoms with Gasteiger partial charge < -0.3 is 19.5 Å². The van der Waals surface area contributed by atoms with Gasteiger partial charge in [-0.1, -0.05) is 38.0 Å². The van der Waals surface area contributed by atoms with Crippen molar-refractivity contribution in [2.24, 2.45) is 5.92 Å². The van der Waals surface area contributed by atoms with Gasteiger partial charge in [-0.2, -0.15) is 0 Å². The van der Waals surface area contributed by atoms with E-state index in [1.54, 1.807) is 0 Å². The van der Waals surface area contributed by atoms with Crippen molar-refractivity contribution in [2.45, 2.75) is 77.1 Å². The highest BCUT2D eigenvalue weighted by molar-refractivity contribution is 5.53. The van der Waals surface area contributed by atoms with E-state index in [4.69, 9.17) is 20.6 Å². The molecule has 1 aliphatic carbocycles. The lowest BCUT2D eigenvalue weighted by Gasteiger charge is -2.44. The van der Waals surface area contributed by atoms with E-state index in [9.17, 15) is 0 Å². The van der Waals surface area contributed by atoms with Gasteiger partial charge in [-0.05, 0) is 51.3 Å². The van der Waals surface area contributed by atoms with E-state index < -0.39 is 5.60 Å². The van der Waals surface area contributed by atoms with E-state index >= 15 is 0 Å². The second-order valence-electron chi connectivity index (χ2n) is 8.51. The first kappa shape index (κ1) is 21.0. The first-order valence-electron chi connectivity index (χ1n) is 10.8. The van der Waals surface area contributed by atoms with Crippen molar-refractivity contribution in [1.82, 2.24) is 0 Å². The van der Waals surface area contributed by atoms with Gasteiger partial charge in [-0.15, -0.1) is 6.42 Å². The Hall–Kier alpha value is -1.70. The molecule has 2 atom stereocenters. The van der Waals surface area contributed by atoms with Crippen LogP contribution >= 0.6 is 0 Å². The predicted molar refractivity (Wildman–Crippen MR) is 114 cm³/mol. The van der Waals surface area contributed by atoms with Gasteiger partial charge in [-0.25, -0.2) is 0 Å². The minimum Gasteiger partial charge on any atom is -0.485 e. The lowest BCUT2D eigenvalue weighted by atomic mass is 9.86. The fraction of sp³-hybridized carbons (Fsp3) is 0.667. The summed E-state index contributed by atoms with van der Waals surface area (Å²) in [6.45, 7) is 8.05. The van der Waals surface area contributed by atoms with Crippen LogP contribution in [-0.4, -0.2) is 31.5 Å². The predicted octanol–water partition coefficient (Wildman–Crippen LogP) is 5.34. The zero-order chi connectivity index (χ0) is 20.0. The molecule has 4 heteroatoms. The topological polar surface area (TPSA) is 39.7 Å². The van der Waals surface area contributed by atoms with E-state index in [0.717, 1.165) is 42.5 Å². The van der Waals surface area contributed by atoms with Crippen molar-refractivity contribution in [1.29, 1.82) is 0 Å². The van der Waals surface area contributed by atoms with Crippen molar-refractivity contribution >= 4 is 5.69 Å². The van der Waals surface area contributed by atoms with Gasteiger partial charge in [0.05, 0.1) is 0 Å². The SMILES string of the molecule is C#CCOC1C(OCCC2CCCCC2)c2cc(NCC)ccc2OC1(C)C. The molecule has 4 nitrogen and oxygen atoms in total. The number of rotatable bonds is 8. The van der Waals surface area contributed by atoms with Crippen LogP contribution < -0.4 is 10.1 Å². The molecule has 1 heterocycles. The summed E-state index contributed by atoms with van der Waals surface area (Å²) >= 11 is 0. The number of nitrogens with one attached hydrogen (secondary N) is 1. The Morgan fingerprint density at radius 2 is 2.00 bits per heavy atom. The molecule has 0 saturated heterocycles. The Morgan fingerprint density at radius 1 is 1.21 bits per heavy atom. The van der Waals surface area contributed by atoms with E-state index in [1.807, 2.05) is 19.9 Å². The van der Waals surface area contributed by atoms with Gasteiger partial charge in [0.15, 0.2) is 0 Å². The smallest absolute Gasteiger partial charge is 0.132 e. The Labute approximate surface area is 170 Å². The van der Waals surface area contributed by atoms with Gasteiger partial charge >= 0.3 is 0 Å². The van der Waals surface area contributed by atoms with Crippen molar-refractivity contribution in [3.8, 4) is 18.1 Å². The minimum absolute atomic E-state index is 0.186. The van der Waals surface area contributed by atoms with Crippen LogP contribution in [0.4, 0.5) is 5.69 Å². The van der Waals surface area contributed by atoms with Crippen LogP contribution in [0.5, 0.6) is 5.75 Å². The first-order valence-corrected chi connectivity index (χ1v) is 10.8. The van der Waals surface area contributed by atoms with Crippen molar-refractivity contribution in [3.05, 3.63) is 23.8 Å². The van der Waals surface area contributed by atoms with E-state index in [-0.39, 0.29) is 18.8 Å². The summed E-state index contributed by atoms with van der Waals surface area (Å²) in [5, 5.41) is 3.38. The summed E-state index contributed by atoms with van der Waals surface area (Å²) in [6, 6.07) is 6.22. The summed E-state index contributed by atoms with van der Waals surface area (Å²) in [7, 11) is 0. The molecule has 28 heavy (non-hydrogen) atoms. The van der Waals surface area contributed by atoms with E-state index in [1.165, 1.54) is 32.1 Å². The van der Waals surface area contributed by atoms with Crippen molar-refractivity contribution in [3.63, 3.8) is 0 Å². The molecule has 2 unspecified atom stereocenters. The van der Waals surface area contributed by atoms with Crippen LogP contribution in [0.25, 0.3) is 0 Å². The third kappa shape index (κ3) is 5.01. The summed E-state index contributed by atoms with van der Waals surface area (Å²) in [5.41, 5.74) is 1.60. The molecule has 0 bridgehead atoms. The molecule has 0 aromatic heterocycles. The minimum atomic E-state index is -0.515. The van der Waals surface area contributed by atoms with Gasteiger partial charge in [0.2, 0.25) is 0 Å². The molecule has 2 aliphatic rings. The molecule has 1 aliphatic heterocycles. The third-order valence-corrected chi connectivity index (χ3v) is 5.92. The van der Waals surface area contributed by atoms with Crippen molar-refractivity contribution < 1.29 is 14.2 Å². The summed E-state index contributed by atoms with van der Waals surface area (Å²) in [6.07, 6.45) is 12.9. The summed E-state index contributed by atoms with van der Waals surface area (Å²) in [4.78, 5) is 0. The number of benzene rings is 1. The van der Waals surface area contributed by atoms with Crippen molar-refractivity contribution in [2.75, 3.05) is 25.1 Å². The van der Waals surface area contributed by atoms with Crippen LogP contribution in [0, 0.1) is 18.3 Å². The largest absolute Gasteiger partial charge is 0.485 e.